The van der Waals surface area contributed by atoms with Gasteiger partial charge in [-0.15, -0.1) is 0 Å². The first-order chi connectivity index (χ1) is 18.3. The first-order valence-electron chi connectivity index (χ1n) is 13.3. The molecular formula is C30H35N3O4S. The molecule has 3 atom stereocenters. The second kappa shape index (κ2) is 11.4. The van der Waals surface area contributed by atoms with Crippen LogP contribution in [0.15, 0.2) is 77.7 Å². The molecule has 1 amide bonds. The summed E-state index contributed by atoms with van der Waals surface area (Å²) in [7, 11) is -3.85. The number of anilines is 1. The number of benzene rings is 3. The fraction of sp³-hybridized carbons (Fsp3) is 0.367. The van der Waals surface area contributed by atoms with Gasteiger partial charge >= 0.3 is 0 Å². The fourth-order valence-electron chi connectivity index (χ4n) is 5.50. The minimum absolute atomic E-state index is 0.0668. The lowest BCUT2D eigenvalue weighted by atomic mass is 9.86. The molecule has 200 valence electrons. The molecule has 1 aliphatic heterocycles. The van der Waals surface area contributed by atoms with Crippen LogP contribution in [0.5, 0.6) is 0 Å². The molecule has 2 aliphatic rings. The number of sulfonamides is 1. The molecule has 1 aliphatic carbocycles. The van der Waals surface area contributed by atoms with Gasteiger partial charge in [-0.1, -0.05) is 55.5 Å². The summed E-state index contributed by atoms with van der Waals surface area (Å²) >= 11 is 0. The Morgan fingerprint density at radius 2 is 1.76 bits per heavy atom. The SMILES string of the molecule is CCc1ccc(S(=O)(=O)NC2c3cc(NC(=O)C4CCCN4Cc4ccccc4)ccc3CC[C@H]2O)cc1. The van der Waals surface area contributed by atoms with E-state index in [-0.39, 0.29) is 16.8 Å². The number of aliphatic hydroxyl groups excluding tert-OH is 1. The molecule has 1 fully saturated rings. The molecule has 1 heterocycles. The van der Waals surface area contributed by atoms with E-state index in [1.807, 2.05) is 37.3 Å². The van der Waals surface area contributed by atoms with Crippen LogP contribution in [0.4, 0.5) is 5.69 Å². The van der Waals surface area contributed by atoms with Crippen LogP contribution in [0.2, 0.25) is 0 Å². The number of aliphatic hydroxyl groups is 1. The lowest BCUT2D eigenvalue weighted by Gasteiger charge is -2.31. The van der Waals surface area contributed by atoms with Crippen LogP contribution in [-0.4, -0.2) is 43.0 Å². The quantitative estimate of drug-likeness (QED) is 0.404. The molecule has 7 nitrogen and oxygen atoms in total. The second-order valence-electron chi connectivity index (χ2n) is 10.2. The van der Waals surface area contributed by atoms with Crippen molar-refractivity contribution in [2.75, 3.05) is 11.9 Å². The summed E-state index contributed by atoms with van der Waals surface area (Å²) < 4.78 is 29.1. The zero-order valence-corrected chi connectivity index (χ0v) is 22.5. The minimum atomic E-state index is -3.85. The monoisotopic (exact) mass is 533 g/mol. The fourth-order valence-corrected chi connectivity index (χ4v) is 6.75. The van der Waals surface area contributed by atoms with Crippen molar-refractivity contribution in [1.82, 2.24) is 9.62 Å². The number of aryl methyl sites for hydroxylation is 2. The normalized spacial score (nSPS) is 21.7. The predicted molar refractivity (Wildman–Crippen MR) is 148 cm³/mol. The van der Waals surface area contributed by atoms with Gasteiger partial charge in [0.2, 0.25) is 15.9 Å². The Morgan fingerprint density at radius 3 is 2.50 bits per heavy atom. The van der Waals surface area contributed by atoms with E-state index in [0.717, 1.165) is 43.5 Å². The van der Waals surface area contributed by atoms with Crippen molar-refractivity contribution in [3.63, 3.8) is 0 Å². The van der Waals surface area contributed by atoms with E-state index < -0.39 is 22.2 Å². The summed E-state index contributed by atoms with van der Waals surface area (Å²) in [5.74, 6) is -0.0668. The van der Waals surface area contributed by atoms with Crippen LogP contribution in [0, 0.1) is 0 Å². The highest BCUT2D eigenvalue weighted by atomic mass is 32.2. The third-order valence-corrected chi connectivity index (χ3v) is 9.12. The highest BCUT2D eigenvalue weighted by Gasteiger charge is 2.34. The average molecular weight is 534 g/mol. The summed E-state index contributed by atoms with van der Waals surface area (Å²) in [5, 5.41) is 13.9. The van der Waals surface area contributed by atoms with Crippen molar-refractivity contribution in [2.45, 2.75) is 68.7 Å². The molecule has 38 heavy (non-hydrogen) atoms. The Kier molecular flexibility index (Phi) is 7.95. The number of hydrogen-bond donors (Lipinski definition) is 3. The maximum absolute atomic E-state index is 13.3. The summed E-state index contributed by atoms with van der Waals surface area (Å²) in [5.41, 5.74) is 4.49. The van der Waals surface area contributed by atoms with Gasteiger partial charge in [0.15, 0.2) is 0 Å². The molecule has 3 N–H and O–H groups in total. The van der Waals surface area contributed by atoms with Crippen LogP contribution >= 0.6 is 0 Å². The predicted octanol–water partition coefficient (Wildman–Crippen LogP) is 4.18. The van der Waals surface area contributed by atoms with Crippen molar-refractivity contribution in [3.8, 4) is 0 Å². The highest BCUT2D eigenvalue weighted by Crippen LogP contribution is 2.34. The van der Waals surface area contributed by atoms with Gasteiger partial charge in [-0.25, -0.2) is 13.1 Å². The average Bonchev–Trinajstić information content (AvgIpc) is 3.39. The Bertz CT molecular complexity index is 1380. The van der Waals surface area contributed by atoms with Gasteiger partial charge in [0, 0.05) is 12.2 Å². The molecule has 5 rings (SSSR count). The second-order valence-corrected chi connectivity index (χ2v) is 11.9. The number of rotatable bonds is 8. The summed E-state index contributed by atoms with van der Waals surface area (Å²) in [6.45, 7) is 3.60. The Labute approximate surface area is 224 Å². The van der Waals surface area contributed by atoms with E-state index in [4.69, 9.17) is 0 Å². The molecule has 3 aromatic rings. The number of carbonyl (C=O) groups excluding carboxylic acids is 1. The summed E-state index contributed by atoms with van der Waals surface area (Å²) in [4.78, 5) is 15.6. The van der Waals surface area contributed by atoms with Crippen molar-refractivity contribution in [3.05, 3.63) is 95.1 Å². The van der Waals surface area contributed by atoms with Gasteiger partial charge < -0.3 is 10.4 Å². The molecule has 0 aromatic heterocycles. The third kappa shape index (κ3) is 5.83. The van der Waals surface area contributed by atoms with Crippen LogP contribution < -0.4 is 10.0 Å². The smallest absolute Gasteiger partial charge is 0.241 e. The van der Waals surface area contributed by atoms with E-state index in [9.17, 15) is 18.3 Å². The van der Waals surface area contributed by atoms with Gasteiger partial charge in [0.05, 0.1) is 23.1 Å². The van der Waals surface area contributed by atoms with Gasteiger partial charge in [-0.05, 0) is 85.2 Å². The number of fused-ring (bicyclic) bond motifs is 1. The Hall–Kier alpha value is -3.04. The summed E-state index contributed by atoms with van der Waals surface area (Å²) in [6.07, 6.45) is 2.81. The zero-order chi connectivity index (χ0) is 26.7. The number of nitrogens with zero attached hydrogens (tertiary/aromatic N) is 1. The van der Waals surface area contributed by atoms with Gasteiger partial charge in [0.25, 0.3) is 0 Å². The number of amides is 1. The molecule has 0 spiro atoms. The zero-order valence-electron chi connectivity index (χ0n) is 21.6. The number of nitrogens with one attached hydrogen (secondary N) is 2. The van der Waals surface area contributed by atoms with Crippen LogP contribution in [0.3, 0.4) is 0 Å². The van der Waals surface area contributed by atoms with E-state index in [2.05, 4.69) is 27.1 Å². The lowest BCUT2D eigenvalue weighted by Crippen LogP contribution is -2.40. The van der Waals surface area contributed by atoms with Crippen LogP contribution in [0.25, 0.3) is 0 Å². The molecular weight excluding hydrogens is 498 g/mol. The van der Waals surface area contributed by atoms with Crippen molar-refractivity contribution in [1.29, 1.82) is 0 Å². The Morgan fingerprint density at radius 1 is 1.00 bits per heavy atom. The first-order valence-corrected chi connectivity index (χ1v) is 14.8. The van der Waals surface area contributed by atoms with E-state index >= 15 is 0 Å². The summed E-state index contributed by atoms with van der Waals surface area (Å²) in [6, 6.07) is 21.5. The third-order valence-electron chi connectivity index (χ3n) is 7.66. The largest absolute Gasteiger partial charge is 0.391 e. The molecule has 3 aromatic carbocycles. The molecule has 8 heteroatoms. The van der Waals surface area contributed by atoms with Crippen LogP contribution in [0.1, 0.15) is 54.5 Å². The maximum atomic E-state index is 13.3. The standard InChI is InChI=1S/C30H35N3O4S/c1-2-21-10-15-25(16-11-21)38(36,37)32-29-26-19-24(14-12-23(26)13-17-28(29)34)31-30(35)27-9-6-18-33(27)20-22-7-4-3-5-8-22/h3-5,7-8,10-12,14-16,19,27-29,32,34H,2,6,9,13,17-18,20H2,1H3,(H,31,35)/t27?,28-,29?/m1/s1. The molecule has 0 bridgehead atoms. The number of likely N-dealkylation sites (tertiary alicyclic amines) is 1. The van der Waals surface area contributed by atoms with Gasteiger partial charge in [-0.3, -0.25) is 9.69 Å². The molecule has 2 unspecified atom stereocenters. The van der Waals surface area contributed by atoms with Gasteiger partial charge in [-0.2, -0.15) is 0 Å². The topological polar surface area (TPSA) is 98.7 Å². The van der Waals surface area contributed by atoms with Crippen molar-refractivity contribution >= 4 is 21.6 Å². The van der Waals surface area contributed by atoms with Crippen LogP contribution in [-0.2, 0) is 34.2 Å². The van der Waals surface area contributed by atoms with Gasteiger partial charge in [0.1, 0.15) is 0 Å². The van der Waals surface area contributed by atoms with E-state index in [0.29, 0.717) is 24.1 Å². The number of hydrogen-bond acceptors (Lipinski definition) is 5. The maximum Gasteiger partial charge on any atom is 0.241 e. The van der Waals surface area contributed by atoms with E-state index in [1.54, 1.807) is 30.3 Å². The molecule has 0 saturated carbocycles. The van der Waals surface area contributed by atoms with Crippen molar-refractivity contribution in [2.24, 2.45) is 0 Å². The minimum Gasteiger partial charge on any atom is -0.391 e. The Balaban J connectivity index is 1.33. The first kappa shape index (κ1) is 26.6. The molecule has 1 saturated heterocycles. The number of carbonyl (C=O) groups is 1. The van der Waals surface area contributed by atoms with E-state index in [1.165, 1.54) is 5.56 Å². The highest BCUT2D eigenvalue weighted by molar-refractivity contribution is 7.89. The molecule has 0 radical (unpaired) electrons. The lowest BCUT2D eigenvalue weighted by molar-refractivity contribution is -0.120. The van der Waals surface area contributed by atoms with Crippen molar-refractivity contribution < 1.29 is 18.3 Å².